The first-order valence-corrected chi connectivity index (χ1v) is 8.10. The molecule has 21 heavy (non-hydrogen) atoms. The lowest BCUT2D eigenvalue weighted by molar-refractivity contribution is 0.382. The van der Waals surface area contributed by atoms with E-state index in [0.717, 1.165) is 30.8 Å². The fourth-order valence-corrected chi connectivity index (χ4v) is 2.59. The number of hydrogen-bond donors (Lipinski definition) is 1. The van der Waals surface area contributed by atoms with Crippen molar-refractivity contribution in [3.05, 3.63) is 33.8 Å². The number of thioether (sulfide) groups is 1. The van der Waals surface area contributed by atoms with Gasteiger partial charge in [-0.3, -0.25) is 4.79 Å². The van der Waals surface area contributed by atoms with Gasteiger partial charge in [0.25, 0.3) is 5.56 Å². The SMILES string of the molecule is CCCc1cc(=O)[nH]c(SCc2nc(CC(C)C)no2)n1. The normalized spacial score (nSPS) is 11.2. The summed E-state index contributed by atoms with van der Waals surface area (Å²) >= 11 is 1.40. The molecule has 2 aromatic heterocycles. The quantitative estimate of drug-likeness (QED) is 0.625. The van der Waals surface area contributed by atoms with E-state index in [1.165, 1.54) is 11.8 Å². The van der Waals surface area contributed by atoms with E-state index in [1.807, 2.05) is 0 Å². The van der Waals surface area contributed by atoms with Crippen LogP contribution in [0.2, 0.25) is 0 Å². The Bertz CT molecular complexity index is 636. The van der Waals surface area contributed by atoms with Crippen molar-refractivity contribution in [1.29, 1.82) is 0 Å². The van der Waals surface area contributed by atoms with Crippen LogP contribution in [-0.4, -0.2) is 20.1 Å². The Morgan fingerprint density at radius 1 is 1.38 bits per heavy atom. The fourth-order valence-electron chi connectivity index (χ4n) is 1.86. The molecule has 2 aromatic rings. The molecular weight excluding hydrogens is 288 g/mol. The summed E-state index contributed by atoms with van der Waals surface area (Å²) < 4.78 is 5.19. The lowest BCUT2D eigenvalue weighted by Gasteiger charge is -2.01. The average Bonchev–Trinajstić information content (AvgIpc) is 2.83. The second-order valence-electron chi connectivity index (χ2n) is 5.28. The van der Waals surface area contributed by atoms with Crippen LogP contribution in [0.5, 0.6) is 0 Å². The van der Waals surface area contributed by atoms with Crippen molar-refractivity contribution in [2.45, 2.75) is 50.9 Å². The minimum Gasteiger partial charge on any atom is -0.338 e. The van der Waals surface area contributed by atoms with Crippen LogP contribution in [0.25, 0.3) is 0 Å². The minimum absolute atomic E-state index is 0.123. The van der Waals surface area contributed by atoms with Gasteiger partial charge in [0.05, 0.1) is 5.75 Å². The second kappa shape index (κ2) is 7.40. The van der Waals surface area contributed by atoms with Crippen LogP contribution in [0.4, 0.5) is 0 Å². The van der Waals surface area contributed by atoms with Crippen molar-refractivity contribution in [2.75, 3.05) is 0 Å². The van der Waals surface area contributed by atoms with Gasteiger partial charge in [-0.25, -0.2) is 4.98 Å². The van der Waals surface area contributed by atoms with Gasteiger partial charge in [0, 0.05) is 18.2 Å². The lowest BCUT2D eigenvalue weighted by Crippen LogP contribution is -2.10. The van der Waals surface area contributed by atoms with Crippen LogP contribution in [0.15, 0.2) is 20.5 Å². The summed E-state index contributed by atoms with van der Waals surface area (Å²) in [7, 11) is 0. The standard InChI is InChI=1S/C14H20N4O2S/c1-4-5-10-7-12(19)17-14(15-10)21-8-13-16-11(18-20-13)6-9(2)3/h7,9H,4-6,8H2,1-3H3,(H,15,17,19). The third-order valence-electron chi connectivity index (χ3n) is 2.71. The molecule has 7 heteroatoms. The summed E-state index contributed by atoms with van der Waals surface area (Å²) in [6.07, 6.45) is 2.56. The zero-order valence-electron chi connectivity index (χ0n) is 12.5. The Morgan fingerprint density at radius 2 is 2.19 bits per heavy atom. The first-order valence-electron chi connectivity index (χ1n) is 7.11. The third kappa shape index (κ3) is 5.00. The minimum atomic E-state index is -0.123. The molecule has 0 saturated carbocycles. The summed E-state index contributed by atoms with van der Waals surface area (Å²) in [6, 6.07) is 1.54. The molecule has 2 heterocycles. The first-order chi connectivity index (χ1) is 10.1. The number of aromatic nitrogens is 4. The van der Waals surface area contributed by atoms with Gasteiger partial charge in [-0.05, 0) is 12.3 Å². The van der Waals surface area contributed by atoms with Crippen molar-refractivity contribution < 1.29 is 4.52 Å². The molecule has 0 aliphatic rings. The molecule has 0 amide bonds. The van der Waals surface area contributed by atoms with Crippen molar-refractivity contribution in [1.82, 2.24) is 20.1 Å². The number of nitrogens with zero attached hydrogens (tertiary/aromatic N) is 3. The van der Waals surface area contributed by atoms with E-state index in [-0.39, 0.29) is 5.56 Å². The molecule has 0 atom stereocenters. The summed E-state index contributed by atoms with van der Waals surface area (Å²) in [5.41, 5.74) is 0.691. The molecule has 0 aliphatic heterocycles. The maximum absolute atomic E-state index is 11.6. The first kappa shape index (κ1) is 15.8. The van der Waals surface area contributed by atoms with Crippen molar-refractivity contribution >= 4 is 11.8 Å². The van der Waals surface area contributed by atoms with Gasteiger partial charge in [-0.1, -0.05) is 44.1 Å². The molecule has 114 valence electrons. The van der Waals surface area contributed by atoms with Crippen LogP contribution in [-0.2, 0) is 18.6 Å². The number of aryl methyl sites for hydroxylation is 1. The Kier molecular flexibility index (Phi) is 5.55. The Balaban J connectivity index is 1.99. The summed E-state index contributed by atoms with van der Waals surface area (Å²) in [5, 5.41) is 4.53. The molecule has 0 saturated heterocycles. The summed E-state index contributed by atoms with van der Waals surface area (Å²) in [4.78, 5) is 23.0. The van der Waals surface area contributed by atoms with E-state index in [4.69, 9.17) is 4.52 Å². The Hall–Kier alpha value is -1.63. The van der Waals surface area contributed by atoms with Crippen LogP contribution in [0.3, 0.4) is 0 Å². The van der Waals surface area contributed by atoms with E-state index in [0.29, 0.717) is 22.7 Å². The molecular formula is C14H20N4O2S. The summed E-state index contributed by atoms with van der Waals surface area (Å²) in [6.45, 7) is 6.28. The predicted molar refractivity (Wildman–Crippen MR) is 81.3 cm³/mol. The molecule has 6 nitrogen and oxygen atoms in total. The number of H-pyrrole nitrogens is 1. The van der Waals surface area contributed by atoms with E-state index in [1.54, 1.807) is 6.07 Å². The van der Waals surface area contributed by atoms with Gasteiger partial charge in [-0.15, -0.1) is 0 Å². The summed E-state index contributed by atoms with van der Waals surface area (Å²) in [5.74, 6) is 2.27. The van der Waals surface area contributed by atoms with Crippen molar-refractivity contribution in [2.24, 2.45) is 5.92 Å². The van der Waals surface area contributed by atoms with Crippen molar-refractivity contribution in [3.8, 4) is 0 Å². The number of aromatic amines is 1. The van der Waals surface area contributed by atoms with E-state index >= 15 is 0 Å². The number of rotatable bonds is 7. The molecule has 0 spiro atoms. The highest BCUT2D eigenvalue weighted by molar-refractivity contribution is 7.98. The van der Waals surface area contributed by atoms with Gasteiger partial charge in [0.2, 0.25) is 5.89 Å². The highest BCUT2D eigenvalue weighted by Gasteiger charge is 2.09. The molecule has 2 rings (SSSR count). The molecule has 0 unspecified atom stereocenters. The zero-order chi connectivity index (χ0) is 15.2. The van der Waals surface area contributed by atoms with Gasteiger partial charge in [0.15, 0.2) is 11.0 Å². The maximum Gasteiger partial charge on any atom is 0.251 e. The Labute approximate surface area is 127 Å². The van der Waals surface area contributed by atoms with Gasteiger partial charge < -0.3 is 9.51 Å². The number of nitrogens with one attached hydrogen (secondary N) is 1. The van der Waals surface area contributed by atoms with Gasteiger partial charge >= 0.3 is 0 Å². The van der Waals surface area contributed by atoms with Crippen molar-refractivity contribution in [3.63, 3.8) is 0 Å². The second-order valence-corrected chi connectivity index (χ2v) is 6.25. The van der Waals surface area contributed by atoms with Crippen LogP contribution in [0, 0.1) is 5.92 Å². The Morgan fingerprint density at radius 3 is 2.90 bits per heavy atom. The zero-order valence-corrected chi connectivity index (χ0v) is 13.4. The molecule has 0 aromatic carbocycles. The van der Waals surface area contributed by atoms with Crippen LogP contribution >= 0.6 is 11.8 Å². The smallest absolute Gasteiger partial charge is 0.251 e. The van der Waals surface area contributed by atoms with Gasteiger partial charge in [-0.2, -0.15) is 4.98 Å². The van der Waals surface area contributed by atoms with E-state index in [9.17, 15) is 4.79 Å². The van der Waals surface area contributed by atoms with Crippen LogP contribution < -0.4 is 5.56 Å². The predicted octanol–water partition coefficient (Wildman–Crippen LogP) is 2.60. The topological polar surface area (TPSA) is 84.7 Å². The molecule has 0 aliphatic carbocycles. The largest absolute Gasteiger partial charge is 0.338 e. The van der Waals surface area contributed by atoms with Crippen LogP contribution in [0.1, 0.15) is 44.6 Å². The average molecular weight is 308 g/mol. The molecule has 0 bridgehead atoms. The number of hydrogen-bond acceptors (Lipinski definition) is 6. The monoisotopic (exact) mass is 308 g/mol. The van der Waals surface area contributed by atoms with E-state index < -0.39 is 0 Å². The molecule has 1 N–H and O–H groups in total. The highest BCUT2D eigenvalue weighted by atomic mass is 32.2. The maximum atomic E-state index is 11.6. The van der Waals surface area contributed by atoms with E-state index in [2.05, 4.69) is 40.9 Å². The fraction of sp³-hybridized carbons (Fsp3) is 0.571. The highest BCUT2D eigenvalue weighted by Crippen LogP contribution is 2.18. The molecule has 0 radical (unpaired) electrons. The molecule has 0 fully saturated rings. The van der Waals surface area contributed by atoms with Gasteiger partial charge in [0.1, 0.15) is 0 Å². The lowest BCUT2D eigenvalue weighted by atomic mass is 10.1. The third-order valence-corrected chi connectivity index (χ3v) is 3.57.